The Hall–Kier alpha value is -1.65. The molecular formula is C15H22N2O3. The summed E-state index contributed by atoms with van der Waals surface area (Å²) in [6.07, 6.45) is 6.57. The van der Waals surface area contributed by atoms with E-state index in [4.69, 9.17) is 5.11 Å². The molecule has 1 aromatic heterocycles. The van der Waals surface area contributed by atoms with Gasteiger partial charge in [0.25, 0.3) is 0 Å². The van der Waals surface area contributed by atoms with E-state index < -0.39 is 5.97 Å². The maximum atomic E-state index is 12.2. The lowest BCUT2D eigenvalue weighted by Crippen LogP contribution is -2.31. The molecule has 0 radical (unpaired) electrons. The molecule has 1 saturated carbocycles. The molecule has 0 unspecified atom stereocenters. The zero-order valence-corrected chi connectivity index (χ0v) is 12.2. The van der Waals surface area contributed by atoms with E-state index >= 15 is 0 Å². The van der Waals surface area contributed by atoms with Gasteiger partial charge in [0.05, 0.1) is 6.42 Å². The molecule has 5 nitrogen and oxygen atoms in total. The summed E-state index contributed by atoms with van der Waals surface area (Å²) in [5.74, 6) is -0.885. The maximum Gasteiger partial charge on any atom is 0.348 e. The van der Waals surface area contributed by atoms with E-state index in [1.165, 1.54) is 12.8 Å². The van der Waals surface area contributed by atoms with Crippen LogP contribution >= 0.6 is 0 Å². The van der Waals surface area contributed by atoms with Crippen LogP contribution in [0.5, 0.6) is 0 Å². The molecule has 0 amide bonds. The molecule has 1 aliphatic rings. The van der Waals surface area contributed by atoms with Gasteiger partial charge in [0, 0.05) is 23.0 Å². The second-order valence-electron chi connectivity index (χ2n) is 5.63. The molecule has 0 atom stereocenters. The topological polar surface area (TPSA) is 72.2 Å². The third-order valence-electron chi connectivity index (χ3n) is 4.22. The SMILES string of the molecule is Cc1nc(=O)n(C2CCCCCC2)c(C)c1CC(=O)O. The average molecular weight is 278 g/mol. The third kappa shape index (κ3) is 3.08. The Balaban J connectivity index is 2.46. The van der Waals surface area contributed by atoms with Crippen LogP contribution in [0.25, 0.3) is 0 Å². The minimum absolute atomic E-state index is 0.0718. The molecule has 0 aromatic carbocycles. The molecule has 2 rings (SSSR count). The molecule has 110 valence electrons. The van der Waals surface area contributed by atoms with Crippen LogP contribution < -0.4 is 5.69 Å². The Bertz CT molecular complexity index is 555. The second kappa shape index (κ2) is 6.20. The molecule has 1 aliphatic carbocycles. The standard InChI is InChI=1S/C15H22N2O3/c1-10-13(9-14(18)19)11(2)17(15(20)16-10)12-7-5-3-4-6-8-12/h12H,3-9H2,1-2H3,(H,18,19). The van der Waals surface area contributed by atoms with Gasteiger partial charge in [-0.05, 0) is 26.7 Å². The van der Waals surface area contributed by atoms with Crippen LogP contribution in [0.4, 0.5) is 0 Å². The molecule has 0 bridgehead atoms. The number of carboxylic acids is 1. The molecule has 20 heavy (non-hydrogen) atoms. The van der Waals surface area contributed by atoms with Gasteiger partial charge in [-0.1, -0.05) is 25.7 Å². The Morgan fingerprint density at radius 2 is 1.85 bits per heavy atom. The van der Waals surface area contributed by atoms with Crippen molar-refractivity contribution >= 4 is 5.97 Å². The number of rotatable bonds is 3. The first-order chi connectivity index (χ1) is 9.50. The third-order valence-corrected chi connectivity index (χ3v) is 4.22. The molecule has 1 N–H and O–H groups in total. The summed E-state index contributed by atoms with van der Waals surface area (Å²) in [5.41, 5.74) is 1.76. The summed E-state index contributed by atoms with van der Waals surface area (Å²) in [6, 6.07) is 0.172. The van der Waals surface area contributed by atoms with Gasteiger partial charge in [-0.2, -0.15) is 4.98 Å². The molecule has 1 heterocycles. The molecule has 1 fully saturated rings. The van der Waals surface area contributed by atoms with Crippen molar-refractivity contribution in [3.63, 3.8) is 0 Å². The van der Waals surface area contributed by atoms with E-state index in [-0.39, 0.29) is 18.2 Å². The lowest BCUT2D eigenvalue weighted by atomic mass is 10.0. The fourth-order valence-corrected chi connectivity index (χ4v) is 3.17. The number of aryl methyl sites for hydroxylation is 1. The van der Waals surface area contributed by atoms with E-state index in [1.54, 1.807) is 11.5 Å². The number of hydrogen-bond donors (Lipinski definition) is 1. The Kier molecular flexibility index (Phi) is 4.57. The van der Waals surface area contributed by atoms with Crippen molar-refractivity contribution in [3.05, 3.63) is 27.4 Å². The summed E-state index contributed by atoms with van der Waals surface area (Å²) in [7, 11) is 0. The zero-order valence-electron chi connectivity index (χ0n) is 12.2. The van der Waals surface area contributed by atoms with Gasteiger partial charge in [0.1, 0.15) is 0 Å². The highest BCUT2D eigenvalue weighted by Gasteiger charge is 2.21. The van der Waals surface area contributed by atoms with Gasteiger partial charge in [0.15, 0.2) is 0 Å². The summed E-state index contributed by atoms with van der Waals surface area (Å²) >= 11 is 0. The number of hydrogen-bond acceptors (Lipinski definition) is 3. The molecule has 0 aliphatic heterocycles. The van der Waals surface area contributed by atoms with Gasteiger partial charge >= 0.3 is 11.7 Å². The lowest BCUT2D eigenvalue weighted by Gasteiger charge is -2.22. The fraction of sp³-hybridized carbons (Fsp3) is 0.667. The van der Waals surface area contributed by atoms with Crippen molar-refractivity contribution in [1.82, 2.24) is 9.55 Å². The first kappa shape index (κ1) is 14.8. The summed E-state index contributed by atoms with van der Waals surface area (Å²) < 4.78 is 1.73. The van der Waals surface area contributed by atoms with Crippen LogP contribution in [-0.2, 0) is 11.2 Å². The maximum absolute atomic E-state index is 12.2. The van der Waals surface area contributed by atoms with E-state index in [1.807, 2.05) is 6.92 Å². The highest BCUT2D eigenvalue weighted by atomic mass is 16.4. The van der Waals surface area contributed by atoms with Crippen molar-refractivity contribution in [2.24, 2.45) is 0 Å². The summed E-state index contributed by atoms with van der Waals surface area (Å²) in [4.78, 5) is 27.2. The smallest absolute Gasteiger partial charge is 0.348 e. The Morgan fingerprint density at radius 1 is 1.25 bits per heavy atom. The summed E-state index contributed by atoms with van der Waals surface area (Å²) in [5, 5.41) is 9.02. The van der Waals surface area contributed by atoms with Crippen molar-refractivity contribution in [3.8, 4) is 0 Å². The highest BCUT2D eigenvalue weighted by molar-refractivity contribution is 5.70. The predicted octanol–water partition coefficient (Wildman–Crippen LogP) is 2.38. The monoisotopic (exact) mass is 278 g/mol. The van der Waals surface area contributed by atoms with Gasteiger partial charge in [0.2, 0.25) is 0 Å². The Labute approximate surface area is 118 Å². The van der Waals surface area contributed by atoms with Gasteiger partial charge in [-0.3, -0.25) is 9.36 Å². The van der Waals surface area contributed by atoms with Gasteiger partial charge in [-0.25, -0.2) is 4.79 Å². The average Bonchev–Trinajstić information content (AvgIpc) is 2.63. The van der Waals surface area contributed by atoms with Gasteiger partial charge < -0.3 is 5.11 Å². The normalized spacial score (nSPS) is 16.9. The van der Waals surface area contributed by atoms with Gasteiger partial charge in [-0.15, -0.1) is 0 Å². The highest BCUT2D eigenvalue weighted by Crippen LogP contribution is 2.27. The van der Waals surface area contributed by atoms with Crippen molar-refractivity contribution < 1.29 is 9.90 Å². The van der Waals surface area contributed by atoms with Crippen molar-refractivity contribution in [2.75, 3.05) is 0 Å². The number of carbonyl (C=O) groups is 1. The van der Waals surface area contributed by atoms with E-state index in [0.717, 1.165) is 31.4 Å². The number of aromatic nitrogens is 2. The minimum atomic E-state index is -0.885. The largest absolute Gasteiger partial charge is 0.481 e. The molecule has 0 spiro atoms. The predicted molar refractivity (Wildman–Crippen MR) is 76.0 cm³/mol. The second-order valence-corrected chi connectivity index (χ2v) is 5.63. The first-order valence-electron chi connectivity index (χ1n) is 7.31. The van der Waals surface area contributed by atoms with Crippen LogP contribution in [0.2, 0.25) is 0 Å². The van der Waals surface area contributed by atoms with E-state index in [9.17, 15) is 9.59 Å². The first-order valence-corrected chi connectivity index (χ1v) is 7.31. The van der Waals surface area contributed by atoms with Crippen LogP contribution in [0.15, 0.2) is 4.79 Å². The minimum Gasteiger partial charge on any atom is -0.481 e. The molecule has 5 heteroatoms. The number of aliphatic carboxylic acids is 1. The molecule has 1 aromatic rings. The summed E-state index contributed by atoms with van der Waals surface area (Å²) in [6.45, 7) is 3.56. The molecule has 0 saturated heterocycles. The zero-order chi connectivity index (χ0) is 14.7. The van der Waals surface area contributed by atoms with Crippen molar-refractivity contribution in [1.29, 1.82) is 0 Å². The van der Waals surface area contributed by atoms with Crippen molar-refractivity contribution in [2.45, 2.75) is 64.8 Å². The van der Waals surface area contributed by atoms with Crippen LogP contribution in [-0.4, -0.2) is 20.6 Å². The van der Waals surface area contributed by atoms with Crippen LogP contribution in [0.1, 0.15) is 61.5 Å². The lowest BCUT2D eigenvalue weighted by molar-refractivity contribution is -0.136. The quantitative estimate of drug-likeness (QED) is 0.862. The number of carboxylic acid groups (broad SMARTS) is 1. The fourth-order valence-electron chi connectivity index (χ4n) is 3.17. The Morgan fingerprint density at radius 3 is 2.40 bits per heavy atom. The van der Waals surface area contributed by atoms with E-state index in [2.05, 4.69) is 4.98 Å². The molecular weight excluding hydrogens is 256 g/mol. The number of nitrogens with zero attached hydrogens (tertiary/aromatic N) is 2. The van der Waals surface area contributed by atoms with E-state index in [0.29, 0.717) is 11.3 Å². The van der Waals surface area contributed by atoms with Crippen LogP contribution in [0.3, 0.4) is 0 Å². The van der Waals surface area contributed by atoms with Crippen LogP contribution in [0, 0.1) is 13.8 Å².